The molecule has 0 aliphatic heterocycles. The SMILES string of the molecule is CCOC(=O)c1ccc(NC(=S)Nc2nc3c(Cl)cccc3s2)cc1. The number of hydrogen-bond donors (Lipinski definition) is 2. The predicted octanol–water partition coefficient (Wildman–Crippen LogP) is 4.94. The molecule has 1 heterocycles. The molecule has 0 saturated heterocycles. The van der Waals surface area contributed by atoms with E-state index in [2.05, 4.69) is 15.6 Å². The molecule has 2 aromatic carbocycles. The van der Waals surface area contributed by atoms with E-state index in [9.17, 15) is 4.79 Å². The topological polar surface area (TPSA) is 63.2 Å². The summed E-state index contributed by atoms with van der Waals surface area (Å²) in [6.45, 7) is 2.12. The number of nitrogens with zero attached hydrogens (tertiary/aromatic N) is 1. The third kappa shape index (κ3) is 4.25. The van der Waals surface area contributed by atoms with Gasteiger partial charge in [0.1, 0.15) is 5.52 Å². The Morgan fingerprint density at radius 2 is 2.00 bits per heavy atom. The zero-order chi connectivity index (χ0) is 17.8. The van der Waals surface area contributed by atoms with E-state index in [1.165, 1.54) is 11.3 Å². The van der Waals surface area contributed by atoms with Crippen LogP contribution in [-0.4, -0.2) is 22.7 Å². The van der Waals surface area contributed by atoms with E-state index < -0.39 is 0 Å². The summed E-state index contributed by atoms with van der Waals surface area (Å²) >= 11 is 12.9. The fourth-order valence-corrected chi connectivity index (χ4v) is 3.58. The van der Waals surface area contributed by atoms with Crippen LogP contribution in [0.3, 0.4) is 0 Å². The second kappa shape index (κ2) is 7.77. The van der Waals surface area contributed by atoms with Gasteiger partial charge in [-0.05, 0) is 55.5 Å². The van der Waals surface area contributed by atoms with Crippen LogP contribution in [0.5, 0.6) is 0 Å². The molecule has 3 rings (SSSR count). The normalized spacial score (nSPS) is 10.5. The van der Waals surface area contributed by atoms with Crippen molar-refractivity contribution < 1.29 is 9.53 Å². The lowest BCUT2D eigenvalue weighted by molar-refractivity contribution is 0.0526. The van der Waals surface area contributed by atoms with Gasteiger partial charge >= 0.3 is 5.97 Å². The Hall–Kier alpha value is -2.22. The number of anilines is 2. The molecule has 0 atom stereocenters. The molecule has 0 fully saturated rings. The third-order valence-corrected chi connectivity index (χ3v) is 4.69. The van der Waals surface area contributed by atoms with Gasteiger partial charge in [-0.3, -0.25) is 0 Å². The van der Waals surface area contributed by atoms with Gasteiger partial charge in [0, 0.05) is 5.69 Å². The van der Waals surface area contributed by atoms with E-state index in [-0.39, 0.29) is 5.97 Å². The average Bonchev–Trinajstić information content (AvgIpc) is 2.99. The van der Waals surface area contributed by atoms with E-state index in [0.717, 1.165) is 15.9 Å². The monoisotopic (exact) mass is 391 g/mol. The number of aromatic nitrogens is 1. The molecule has 0 bridgehead atoms. The number of rotatable bonds is 4. The number of carbonyl (C=O) groups excluding carboxylic acids is 1. The number of para-hydroxylation sites is 1. The highest BCUT2D eigenvalue weighted by molar-refractivity contribution is 7.80. The summed E-state index contributed by atoms with van der Waals surface area (Å²) in [5, 5.41) is 7.76. The number of carbonyl (C=O) groups is 1. The number of thiocarbonyl (C=S) groups is 1. The molecule has 5 nitrogen and oxygen atoms in total. The zero-order valence-corrected chi connectivity index (χ0v) is 15.6. The van der Waals surface area contributed by atoms with Crippen molar-refractivity contribution in [3.05, 3.63) is 53.1 Å². The van der Waals surface area contributed by atoms with E-state index in [4.69, 9.17) is 28.6 Å². The predicted molar refractivity (Wildman–Crippen MR) is 107 cm³/mol. The Kier molecular flexibility index (Phi) is 5.47. The average molecular weight is 392 g/mol. The summed E-state index contributed by atoms with van der Waals surface area (Å²) in [7, 11) is 0. The van der Waals surface area contributed by atoms with Gasteiger partial charge < -0.3 is 15.4 Å². The fraction of sp³-hybridized carbons (Fsp3) is 0.118. The lowest BCUT2D eigenvalue weighted by Crippen LogP contribution is -2.19. The van der Waals surface area contributed by atoms with Crippen LogP contribution in [0.1, 0.15) is 17.3 Å². The first-order valence-corrected chi connectivity index (χ1v) is 9.07. The maximum atomic E-state index is 11.6. The van der Waals surface area contributed by atoms with Crippen LogP contribution in [0.2, 0.25) is 5.02 Å². The van der Waals surface area contributed by atoms with Crippen LogP contribution < -0.4 is 10.6 Å². The van der Waals surface area contributed by atoms with Gasteiger partial charge in [0.2, 0.25) is 0 Å². The molecule has 8 heteroatoms. The Bertz CT molecular complexity index is 925. The van der Waals surface area contributed by atoms with Gasteiger partial charge in [-0.25, -0.2) is 9.78 Å². The summed E-state index contributed by atoms with van der Waals surface area (Å²) in [4.78, 5) is 16.1. The van der Waals surface area contributed by atoms with Crippen LogP contribution in [0.4, 0.5) is 10.8 Å². The van der Waals surface area contributed by atoms with Crippen molar-refractivity contribution in [2.45, 2.75) is 6.92 Å². The first kappa shape index (κ1) is 17.6. The summed E-state index contributed by atoms with van der Waals surface area (Å²) in [6, 6.07) is 12.5. The van der Waals surface area contributed by atoms with Crippen molar-refractivity contribution in [1.29, 1.82) is 0 Å². The Labute approximate surface area is 159 Å². The van der Waals surface area contributed by atoms with Gasteiger partial charge in [-0.1, -0.05) is 29.0 Å². The third-order valence-electron chi connectivity index (χ3n) is 3.24. The molecular weight excluding hydrogens is 378 g/mol. The van der Waals surface area contributed by atoms with E-state index in [0.29, 0.717) is 27.4 Å². The van der Waals surface area contributed by atoms with Crippen molar-refractivity contribution in [2.75, 3.05) is 17.2 Å². The van der Waals surface area contributed by atoms with Crippen LogP contribution in [0.25, 0.3) is 10.2 Å². The number of benzene rings is 2. The van der Waals surface area contributed by atoms with Gasteiger partial charge in [-0.2, -0.15) is 0 Å². The van der Waals surface area contributed by atoms with Gasteiger partial charge in [0.25, 0.3) is 0 Å². The lowest BCUT2D eigenvalue weighted by Gasteiger charge is -2.09. The Balaban J connectivity index is 1.65. The maximum absolute atomic E-state index is 11.6. The van der Waals surface area contributed by atoms with Crippen molar-refractivity contribution in [3.8, 4) is 0 Å². The maximum Gasteiger partial charge on any atom is 0.338 e. The van der Waals surface area contributed by atoms with Crippen LogP contribution in [0, 0.1) is 0 Å². The number of hydrogen-bond acceptors (Lipinski definition) is 5. The molecule has 2 N–H and O–H groups in total. The first-order valence-electron chi connectivity index (χ1n) is 7.47. The summed E-state index contributed by atoms with van der Waals surface area (Å²) in [5.74, 6) is -0.346. The minimum atomic E-state index is -0.346. The van der Waals surface area contributed by atoms with E-state index >= 15 is 0 Å². The largest absolute Gasteiger partial charge is 0.462 e. The molecular formula is C17H14ClN3O2S2. The first-order chi connectivity index (χ1) is 12.1. The van der Waals surface area contributed by atoms with Gasteiger partial charge in [0.05, 0.1) is 21.9 Å². The van der Waals surface area contributed by atoms with Gasteiger partial charge in [-0.15, -0.1) is 0 Å². The molecule has 1 aromatic heterocycles. The number of fused-ring (bicyclic) bond motifs is 1. The number of ether oxygens (including phenoxy) is 1. The number of thiazole rings is 1. The van der Waals surface area contributed by atoms with Crippen molar-refractivity contribution >= 4 is 67.3 Å². The number of nitrogens with one attached hydrogen (secondary N) is 2. The Morgan fingerprint density at radius 3 is 2.68 bits per heavy atom. The fourth-order valence-electron chi connectivity index (χ4n) is 2.13. The number of halogens is 1. The van der Waals surface area contributed by atoms with Crippen molar-refractivity contribution in [3.63, 3.8) is 0 Å². The molecule has 0 aliphatic carbocycles. The van der Waals surface area contributed by atoms with Gasteiger partial charge in [0.15, 0.2) is 10.2 Å². The van der Waals surface area contributed by atoms with Crippen LogP contribution in [0.15, 0.2) is 42.5 Å². The second-order valence-corrected chi connectivity index (χ2v) is 6.83. The minimum Gasteiger partial charge on any atom is -0.462 e. The summed E-state index contributed by atoms with van der Waals surface area (Å²) in [6.07, 6.45) is 0. The van der Waals surface area contributed by atoms with Crippen LogP contribution in [-0.2, 0) is 4.74 Å². The molecule has 0 aliphatic rings. The molecule has 0 saturated carbocycles. The highest BCUT2D eigenvalue weighted by Crippen LogP contribution is 2.30. The molecule has 128 valence electrons. The number of esters is 1. The molecule has 0 radical (unpaired) electrons. The van der Waals surface area contributed by atoms with Crippen LogP contribution >= 0.6 is 35.2 Å². The zero-order valence-electron chi connectivity index (χ0n) is 13.2. The minimum absolute atomic E-state index is 0.346. The standard InChI is InChI=1S/C17H14ClN3O2S2/c1-2-23-15(22)10-6-8-11(9-7-10)19-16(24)21-17-20-14-12(18)4-3-5-13(14)25-17/h3-9H,2H2,1H3,(H2,19,20,21,24). The summed E-state index contributed by atoms with van der Waals surface area (Å²) < 4.78 is 5.93. The van der Waals surface area contributed by atoms with E-state index in [1.54, 1.807) is 37.3 Å². The van der Waals surface area contributed by atoms with E-state index in [1.807, 2.05) is 12.1 Å². The molecule has 0 unspecified atom stereocenters. The highest BCUT2D eigenvalue weighted by atomic mass is 35.5. The molecule has 0 spiro atoms. The quantitative estimate of drug-likeness (QED) is 0.485. The smallest absolute Gasteiger partial charge is 0.338 e. The highest BCUT2D eigenvalue weighted by Gasteiger charge is 2.09. The van der Waals surface area contributed by atoms with Crippen molar-refractivity contribution in [1.82, 2.24) is 4.98 Å². The second-order valence-electron chi connectivity index (χ2n) is 4.98. The summed E-state index contributed by atoms with van der Waals surface area (Å²) in [5.41, 5.74) is 2.00. The lowest BCUT2D eigenvalue weighted by atomic mass is 10.2. The van der Waals surface area contributed by atoms with Crippen molar-refractivity contribution in [2.24, 2.45) is 0 Å². The Morgan fingerprint density at radius 1 is 1.24 bits per heavy atom. The molecule has 0 amide bonds. The molecule has 25 heavy (non-hydrogen) atoms. The molecule has 3 aromatic rings.